The minimum Gasteiger partial charge on any atom is -0.398 e. The zero-order valence-electron chi connectivity index (χ0n) is 10.7. The summed E-state index contributed by atoms with van der Waals surface area (Å²) in [5, 5.41) is 0. The Labute approximate surface area is 63.2 Å². The highest BCUT2D eigenvalue weighted by Crippen LogP contribution is 2.08. The normalized spacial score (nSPS) is 22.2. The third-order valence-corrected chi connectivity index (χ3v) is 0.936. The molecule has 0 aromatic carbocycles. The molecule has 0 aliphatic rings. The van der Waals surface area contributed by atoms with E-state index in [1.54, 1.807) is 0 Å². The Hall–Kier alpha value is -1.05. The predicted octanol–water partition coefficient (Wildman–Crippen LogP) is 1.28. The molecule has 2 nitrogen and oxygen atoms in total. The van der Waals surface area contributed by atoms with Crippen LogP contribution in [-0.4, -0.2) is 4.98 Å². The Morgan fingerprint density at radius 2 is 2.56 bits per heavy atom. The second-order valence-electron chi connectivity index (χ2n) is 1.66. The summed E-state index contributed by atoms with van der Waals surface area (Å²) >= 11 is 0. The molecule has 0 aliphatic carbocycles. The van der Waals surface area contributed by atoms with Gasteiger partial charge in [-0.2, -0.15) is 0 Å². The number of anilines is 1. The topological polar surface area (TPSA) is 38.9 Å². The van der Waals surface area contributed by atoms with Crippen molar-refractivity contribution in [2.45, 2.75) is 13.7 Å². The summed E-state index contributed by atoms with van der Waals surface area (Å²) in [4.78, 5) is 3.57. The summed E-state index contributed by atoms with van der Waals surface area (Å²) in [7, 11) is 0. The molecule has 0 fully saturated rings. The van der Waals surface area contributed by atoms with E-state index < -0.39 is 13.7 Å². The van der Waals surface area contributed by atoms with Crippen molar-refractivity contribution in [1.82, 2.24) is 4.98 Å². The van der Waals surface area contributed by atoms with Crippen molar-refractivity contribution in [3.63, 3.8) is 0 Å². The molecule has 2 heteroatoms. The fourth-order valence-electron chi connectivity index (χ4n) is 0.471. The van der Waals surface area contributed by atoms with Gasteiger partial charge in [-0.25, -0.2) is 0 Å². The molecule has 2 N–H and O–H groups in total. The van der Waals surface area contributed by atoms with E-state index in [-0.39, 0.29) is 16.9 Å². The first-order valence-electron chi connectivity index (χ1n) is 5.39. The standard InChI is InChI=1S/C7H10N2/c1-5-4-9-6(2)3-7(5)8/h3-4H,1-2H3,(H2,8,9)/i1D3,2D3. The molecule has 0 amide bonds. The molecule has 1 heterocycles. The first-order chi connectivity index (χ1) is 6.62. The van der Waals surface area contributed by atoms with Gasteiger partial charge in [0, 0.05) is 25.8 Å². The molecule has 1 rings (SSSR count). The maximum absolute atomic E-state index is 7.11. The van der Waals surface area contributed by atoms with Gasteiger partial charge in [-0.05, 0) is 25.3 Å². The molecule has 0 radical (unpaired) electrons. The Kier molecular flexibility index (Phi) is 0.450. The van der Waals surface area contributed by atoms with Gasteiger partial charge in [0.2, 0.25) is 0 Å². The van der Waals surface area contributed by atoms with Crippen LogP contribution in [0, 0.1) is 13.7 Å². The van der Waals surface area contributed by atoms with Crippen LogP contribution >= 0.6 is 0 Å². The number of nitrogen functional groups attached to an aromatic ring is 1. The molecule has 48 valence electrons. The smallest absolute Gasteiger partial charge is 0.0393 e. The van der Waals surface area contributed by atoms with Crippen LogP contribution in [0.3, 0.4) is 0 Å². The van der Waals surface area contributed by atoms with Crippen molar-refractivity contribution in [3.05, 3.63) is 23.5 Å². The van der Waals surface area contributed by atoms with E-state index in [9.17, 15) is 0 Å². The van der Waals surface area contributed by atoms with Crippen molar-refractivity contribution in [3.8, 4) is 0 Å². The summed E-state index contributed by atoms with van der Waals surface area (Å²) < 4.78 is 42.6. The summed E-state index contributed by atoms with van der Waals surface area (Å²) in [5.74, 6) is 0. The second-order valence-corrected chi connectivity index (χ2v) is 1.66. The van der Waals surface area contributed by atoms with Crippen molar-refractivity contribution in [1.29, 1.82) is 0 Å². The molecule has 0 atom stereocenters. The Balaban J connectivity index is 3.21. The number of nitrogens with two attached hydrogens (primary N) is 1. The number of nitrogens with zero attached hydrogens (tertiary/aromatic N) is 1. The van der Waals surface area contributed by atoms with Crippen molar-refractivity contribution in [2.75, 3.05) is 5.73 Å². The lowest BCUT2D eigenvalue weighted by Crippen LogP contribution is -1.91. The van der Waals surface area contributed by atoms with Crippen molar-refractivity contribution in [2.24, 2.45) is 0 Å². The van der Waals surface area contributed by atoms with Gasteiger partial charge in [0.25, 0.3) is 0 Å². The molecule has 9 heavy (non-hydrogen) atoms. The molecular weight excluding hydrogens is 112 g/mol. The van der Waals surface area contributed by atoms with Crippen molar-refractivity contribution < 1.29 is 8.22 Å². The number of hydrogen-bond acceptors (Lipinski definition) is 2. The van der Waals surface area contributed by atoms with Crippen LogP contribution in [0.15, 0.2) is 12.3 Å². The maximum atomic E-state index is 7.11. The van der Waals surface area contributed by atoms with Crippen molar-refractivity contribution >= 4 is 5.69 Å². The zero-order chi connectivity index (χ0) is 11.9. The van der Waals surface area contributed by atoms with Gasteiger partial charge in [-0.1, -0.05) is 0 Å². The largest absolute Gasteiger partial charge is 0.398 e. The molecular formula is C7H10N2. The number of aryl methyl sites for hydroxylation is 2. The Bertz CT molecular complexity index is 367. The van der Waals surface area contributed by atoms with Crippen LogP contribution in [0.5, 0.6) is 0 Å². The summed E-state index contributed by atoms with van der Waals surface area (Å²) in [6, 6.07) is 1.08. The lowest BCUT2D eigenvalue weighted by molar-refractivity contribution is 1.17. The van der Waals surface area contributed by atoms with Gasteiger partial charge in [0.15, 0.2) is 0 Å². The third-order valence-electron chi connectivity index (χ3n) is 0.936. The fourth-order valence-corrected chi connectivity index (χ4v) is 0.471. The summed E-state index contributed by atoms with van der Waals surface area (Å²) in [6.07, 6.45) is 0.990. The van der Waals surface area contributed by atoms with Crippen LogP contribution in [0.1, 0.15) is 19.5 Å². The third kappa shape index (κ3) is 1.19. The molecule has 1 aromatic rings. The monoisotopic (exact) mass is 128 g/mol. The molecule has 0 saturated carbocycles. The fraction of sp³-hybridized carbons (Fsp3) is 0.286. The Morgan fingerprint density at radius 3 is 3.11 bits per heavy atom. The number of pyridine rings is 1. The van der Waals surface area contributed by atoms with Gasteiger partial charge in [0.05, 0.1) is 0 Å². The van der Waals surface area contributed by atoms with Gasteiger partial charge in [0.1, 0.15) is 0 Å². The van der Waals surface area contributed by atoms with Crippen LogP contribution in [-0.2, 0) is 0 Å². The highest BCUT2D eigenvalue weighted by molar-refractivity contribution is 5.44. The summed E-state index contributed by atoms with van der Waals surface area (Å²) in [5.41, 5.74) is 5.05. The number of aromatic nitrogens is 1. The minimum absolute atomic E-state index is 0.0730. The highest BCUT2D eigenvalue weighted by Gasteiger charge is 1.91. The molecule has 0 saturated heterocycles. The van der Waals surface area contributed by atoms with Crippen LogP contribution in [0.4, 0.5) is 5.69 Å². The van der Waals surface area contributed by atoms with E-state index in [4.69, 9.17) is 14.0 Å². The van der Waals surface area contributed by atoms with E-state index in [2.05, 4.69) is 4.98 Å². The molecule has 0 bridgehead atoms. The molecule has 0 spiro atoms. The lowest BCUT2D eigenvalue weighted by atomic mass is 10.2. The summed E-state index contributed by atoms with van der Waals surface area (Å²) in [6.45, 7) is -4.74. The Morgan fingerprint density at radius 1 is 1.67 bits per heavy atom. The molecule has 0 unspecified atom stereocenters. The SMILES string of the molecule is [2H]C([2H])([2H])c1cc(N)c(C([2H])([2H])[2H])cn1. The lowest BCUT2D eigenvalue weighted by Gasteiger charge is -1.97. The van der Waals surface area contributed by atoms with Crippen LogP contribution in [0.25, 0.3) is 0 Å². The minimum atomic E-state index is -2.37. The number of rotatable bonds is 0. The first kappa shape index (κ1) is 1.97. The zero-order valence-corrected chi connectivity index (χ0v) is 4.68. The quantitative estimate of drug-likeness (QED) is 0.571. The highest BCUT2D eigenvalue weighted by atomic mass is 14.7. The maximum Gasteiger partial charge on any atom is 0.0393 e. The van der Waals surface area contributed by atoms with E-state index in [0.29, 0.717) is 0 Å². The van der Waals surface area contributed by atoms with E-state index in [1.165, 1.54) is 0 Å². The van der Waals surface area contributed by atoms with Crippen LogP contribution in [0.2, 0.25) is 0 Å². The average molecular weight is 128 g/mol. The molecule has 0 aliphatic heterocycles. The van der Waals surface area contributed by atoms with E-state index in [1.807, 2.05) is 0 Å². The van der Waals surface area contributed by atoms with Crippen LogP contribution < -0.4 is 5.73 Å². The predicted molar refractivity (Wildman–Crippen MR) is 38.1 cm³/mol. The van der Waals surface area contributed by atoms with Gasteiger partial charge < -0.3 is 5.73 Å². The number of hydrogen-bond donors (Lipinski definition) is 1. The van der Waals surface area contributed by atoms with Gasteiger partial charge in [-0.3, -0.25) is 4.98 Å². The van der Waals surface area contributed by atoms with E-state index in [0.717, 1.165) is 12.3 Å². The average Bonchev–Trinajstić information content (AvgIpc) is 1.99. The molecule has 1 aromatic heterocycles. The van der Waals surface area contributed by atoms with E-state index >= 15 is 0 Å². The van der Waals surface area contributed by atoms with Gasteiger partial charge in [-0.15, -0.1) is 0 Å². The second kappa shape index (κ2) is 2.05. The first-order valence-corrected chi connectivity index (χ1v) is 2.39. The van der Waals surface area contributed by atoms with Gasteiger partial charge >= 0.3 is 0 Å².